The molecule has 0 spiro atoms. The lowest BCUT2D eigenvalue weighted by molar-refractivity contribution is -0.129. The van der Waals surface area contributed by atoms with Gasteiger partial charge in [0.2, 0.25) is 0 Å². The highest BCUT2D eigenvalue weighted by Crippen LogP contribution is 2.32. The third kappa shape index (κ3) is 3.75. The van der Waals surface area contributed by atoms with Crippen LogP contribution in [0.4, 0.5) is 29.3 Å². The molecule has 0 fully saturated rings. The Morgan fingerprint density at radius 1 is 1.13 bits per heavy atom. The fourth-order valence-electron chi connectivity index (χ4n) is 3.08. The molecular formula is C19H14F3N5O2S. The van der Waals surface area contributed by atoms with Gasteiger partial charge < -0.3 is 5.32 Å². The van der Waals surface area contributed by atoms with E-state index in [1.165, 1.54) is 24.3 Å². The number of rotatable bonds is 3. The molecule has 2 amide bonds. The van der Waals surface area contributed by atoms with Gasteiger partial charge in [-0.2, -0.15) is 15.2 Å². The van der Waals surface area contributed by atoms with Gasteiger partial charge >= 0.3 is 6.30 Å². The van der Waals surface area contributed by atoms with Crippen LogP contribution in [0.1, 0.15) is 18.1 Å². The maximum Gasteiger partial charge on any atom is 0.505 e. The predicted molar refractivity (Wildman–Crippen MR) is 109 cm³/mol. The quantitative estimate of drug-likeness (QED) is 0.568. The topological polar surface area (TPSA) is 86.2 Å². The molecule has 0 radical (unpaired) electrons. The summed E-state index contributed by atoms with van der Waals surface area (Å²) in [5, 5.41) is 9.52. The highest BCUT2D eigenvalue weighted by Gasteiger charge is 2.40. The first-order chi connectivity index (χ1) is 14.2. The highest BCUT2D eigenvalue weighted by molar-refractivity contribution is 8.14. The van der Waals surface area contributed by atoms with Gasteiger partial charge in [0.05, 0.1) is 22.3 Å². The summed E-state index contributed by atoms with van der Waals surface area (Å²) in [6, 6.07) is 11.8. The minimum atomic E-state index is -4.84. The maximum absolute atomic E-state index is 13.6. The van der Waals surface area contributed by atoms with Crippen LogP contribution in [0, 0.1) is 0 Å². The Bertz CT molecular complexity index is 1090. The van der Waals surface area contributed by atoms with E-state index in [0.717, 1.165) is 11.8 Å². The number of anilines is 2. The van der Waals surface area contributed by atoms with E-state index in [1.807, 2.05) is 0 Å². The number of hydrogen-bond donors (Lipinski definition) is 2. The number of nitrogens with zero attached hydrogens (tertiary/aromatic N) is 3. The largest absolute Gasteiger partial charge is 0.505 e. The van der Waals surface area contributed by atoms with Crippen LogP contribution in [0.5, 0.6) is 0 Å². The zero-order valence-corrected chi connectivity index (χ0v) is 16.2. The molecule has 2 aromatic rings. The molecule has 4 rings (SSSR count). The van der Waals surface area contributed by atoms with Crippen LogP contribution in [0.2, 0.25) is 0 Å². The predicted octanol–water partition coefficient (Wildman–Crippen LogP) is 3.92. The molecule has 11 heteroatoms. The average molecular weight is 433 g/mol. The van der Waals surface area contributed by atoms with E-state index in [0.29, 0.717) is 17.0 Å². The molecule has 2 aliphatic rings. The Morgan fingerprint density at radius 2 is 1.87 bits per heavy atom. The van der Waals surface area contributed by atoms with Crippen LogP contribution in [-0.4, -0.2) is 34.1 Å². The number of hydrogen-bond acceptors (Lipinski definition) is 6. The van der Waals surface area contributed by atoms with Crippen molar-refractivity contribution in [3.8, 4) is 0 Å². The van der Waals surface area contributed by atoms with Gasteiger partial charge in [-0.1, -0.05) is 36.0 Å². The Kier molecular flexibility index (Phi) is 4.98. The van der Waals surface area contributed by atoms with Gasteiger partial charge in [0.15, 0.2) is 5.71 Å². The first-order valence-corrected chi connectivity index (χ1v) is 9.63. The fraction of sp³-hybridized carbons (Fsp3) is 0.158. The first-order valence-electron chi connectivity index (χ1n) is 8.75. The fourth-order valence-corrected chi connectivity index (χ4v) is 3.80. The first kappa shape index (κ1) is 20.0. The monoisotopic (exact) mass is 433 g/mol. The molecule has 154 valence electrons. The van der Waals surface area contributed by atoms with Gasteiger partial charge in [0, 0.05) is 5.56 Å². The summed E-state index contributed by atoms with van der Waals surface area (Å²) in [7, 11) is 0. The van der Waals surface area contributed by atoms with Gasteiger partial charge in [0.1, 0.15) is 0 Å². The lowest BCUT2D eigenvalue weighted by atomic mass is 10.0. The summed E-state index contributed by atoms with van der Waals surface area (Å²) in [5.41, 5.74) is 3.45. The number of benzene rings is 2. The molecule has 2 heterocycles. The molecule has 2 aromatic carbocycles. The van der Waals surface area contributed by atoms with Gasteiger partial charge in [-0.25, -0.2) is 5.43 Å². The zero-order valence-electron chi connectivity index (χ0n) is 15.4. The summed E-state index contributed by atoms with van der Waals surface area (Å²) < 4.78 is 40.9. The molecule has 7 nitrogen and oxygen atoms in total. The van der Waals surface area contributed by atoms with Gasteiger partial charge in [-0.05, 0) is 36.8 Å². The smallest absolute Gasteiger partial charge is 0.320 e. The van der Waals surface area contributed by atoms with E-state index in [2.05, 4.69) is 20.9 Å². The SMILES string of the molecule is CC1SC(=O)NN=C1c1ccc2c(c1)C(=NN(c1ccccc1)C(F)(F)F)C(=O)N2. The summed E-state index contributed by atoms with van der Waals surface area (Å²) in [4.78, 5) is 23.8. The Labute approximate surface area is 173 Å². The van der Waals surface area contributed by atoms with Crippen molar-refractivity contribution in [1.29, 1.82) is 0 Å². The number of nitrogens with one attached hydrogen (secondary N) is 2. The second-order valence-electron chi connectivity index (χ2n) is 6.43. The number of carbonyl (C=O) groups is 2. The van der Waals surface area contributed by atoms with Crippen LogP contribution >= 0.6 is 11.8 Å². The molecule has 0 aliphatic carbocycles. The number of halogens is 3. The minimum Gasteiger partial charge on any atom is -0.320 e. The molecule has 1 unspecified atom stereocenters. The van der Waals surface area contributed by atoms with Gasteiger partial charge in [0.25, 0.3) is 11.1 Å². The summed E-state index contributed by atoms with van der Waals surface area (Å²) in [5.74, 6) is -0.742. The Balaban J connectivity index is 1.78. The third-order valence-corrected chi connectivity index (χ3v) is 5.29. The molecular weight excluding hydrogens is 419 g/mol. The van der Waals surface area contributed by atoms with Crippen molar-refractivity contribution in [3.63, 3.8) is 0 Å². The van der Waals surface area contributed by atoms with Crippen LogP contribution < -0.4 is 15.8 Å². The Hall–Kier alpha value is -3.34. The molecule has 0 bridgehead atoms. The number of carbonyl (C=O) groups excluding carboxylic acids is 2. The number of alkyl halides is 3. The van der Waals surface area contributed by atoms with Gasteiger partial charge in [-0.3, -0.25) is 9.59 Å². The maximum atomic E-state index is 13.6. The number of hydrazone groups is 2. The number of para-hydroxylation sites is 1. The van der Waals surface area contributed by atoms with E-state index < -0.39 is 12.2 Å². The lowest BCUT2D eigenvalue weighted by Gasteiger charge is -2.22. The summed E-state index contributed by atoms with van der Waals surface area (Å²) >= 11 is 1.04. The second-order valence-corrected chi connectivity index (χ2v) is 7.75. The van der Waals surface area contributed by atoms with Crippen molar-refractivity contribution < 1.29 is 22.8 Å². The van der Waals surface area contributed by atoms with Crippen LogP contribution in [0.25, 0.3) is 0 Å². The number of thioether (sulfide) groups is 1. The molecule has 0 saturated carbocycles. The average Bonchev–Trinajstić information content (AvgIpc) is 3.00. The normalized spacial score (nSPS) is 19.8. The van der Waals surface area contributed by atoms with Crippen molar-refractivity contribution in [3.05, 3.63) is 59.7 Å². The Morgan fingerprint density at radius 3 is 2.53 bits per heavy atom. The van der Waals surface area contributed by atoms with Crippen molar-refractivity contribution in [1.82, 2.24) is 5.43 Å². The van der Waals surface area contributed by atoms with E-state index in [1.54, 1.807) is 31.2 Å². The van der Waals surface area contributed by atoms with E-state index in [9.17, 15) is 22.8 Å². The van der Waals surface area contributed by atoms with Crippen molar-refractivity contribution in [2.24, 2.45) is 10.2 Å². The van der Waals surface area contributed by atoms with E-state index in [4.69, 9.17) is 0 Å². The summed E-state index contributed by atoms with van der Waals surface area (Å²) in [6.07, 6.45) is -4.84. The third-order valence-electron chi connectivity index (χ3n) is 4.41. The molecule has 30 heavy (non-hydrogen) atoms. The standard InChI is InChI=1S/C19H14F3N5O2S/c1-10-15(24-25-18(29)30-10)11-7-8-14-13(9-11)16(17(28)23-14)26-27(19(20,21)22)12-5-3-2-4-6-12/h2-10H,1H3,(H,25,29)(H,23,26,28). The van der Waals surface area contributed by atoms with Crippen molar-refractivity contribution in [2.75, 3.05) is 10.3 Å². The van der Waals surface area contributed by atoms with Crippen molar-refractivity contribution in [2.45, 2.75) is 18.5 Å². The molecule has 0 aromatic heterocycles. The van der Waals surface area contributed by atoms with Crippen molar-refractivity contribution >= 4 is 45.7 Å². The van der Waals surface area contributed by atoms with E-state index >= 15 is 0 Å². The molecule has 2 N–H and O–H groups in total. The number of fused-ring (bicyclic) bond motifs is 1. The molecule has 0 saturated heterocycles. The van der Waals surface area contributed by atoms with E-state index in [-0.39, 0.29) is 32.5 Å². The number of amides is 2. The van der Waals surface area contributed by atoms with Crippen LogP contribution in [0.3, 0.4) is 0 Å². The van der Waals surface area contributed by atoms with Crippen LogP contribution in [0.15, 0.2) is 58.7 Å². The molecule has 2 aliphatic heterocycles. The van der Waals surface area contributed by atoms with Crippen LogP contribution in [-0.2, 0) is 4.79 Å². The molecule has 1 atom stereocenters. The summed E-state index contributed by atoms with van der Waals surface area (Å²) in [6.45, 7) is 1.79. The minimum absolute atomic E-state index is 0.138. The zero-order chi connectivity index (χ0) is 21.5. The van der Waals surface area contributed by atoms with Gasteiger partial charge in [-0.15, -0.1) is 13.2 Å². The highest BCUT2D eigenvalue weighted by atomic mass is 32.2. The lowest BCUT2D eigenvalue weighted by Crippen LogP contribution is -2.35. The second kappa shape index (κ2) is 7.48.